The second-order valence-corrected chi connectivity index (χ2v) is 11.7. The minimum atomic E-state index is -4.16. The van der Waals surface area contributed by atoms with Gasteiger partial charge in [-0.05, 0) is 74.9 Å². The summed E-state index contributed by atoms with van der Waals surface area (Å²) in [6.45, 7) is 3.26. The van der Waals surface area contributed by atoms with Crippen LogP contribution in [-0.2, 0) is 22.2 Å². The van der Waals surface area contributed by atoms with Crippen LogP contribution in [-0.4, -0.2) is 63.3 Å². The molecule has 1 aliphatic carbocycles. The second kappa shape index (κ2) is 12.3. The number of rotatable bonds is 10. The number of benzene rings is 2. The molecule has 1 amide bonds. The highest BCUT2D eigenvalue weighted by atomic mass is 32.2. The van der Waals surface area contributed by atoms with Gasteiger partial charge in [-0.1, -0.05) is 42.5 Å². The summed E-state index contributed by atoms with van der Waals surface area (Å²) in [4.78, 5) is 13.4. The molecule has 37 heavy (non-hydrogen) atoms. The number of ether oxygens (including phenoxy) is 1. The van der Waals surface area contributed by atoms with Gasteiger partial charge in [-0.15, -0.1) is 0 Å². The highest BCUT2D eigenvalue weighted by Crippen LogP contribution is 2.40. The van der Waals surface area contributed by atoms with Gasteiger partial charge in [0.15, 0.2) is 0 Å². The molecule has 10 heteroatoms. The van der Waals surface area contributed by atoms with Crippen LogP contribution in [0.5, 0.6) is 5.75 Å². The van der Waals surface area contributed by atoms with Gasteiger partial charge in [0, 0.05) is 30.6 Å². The van der Waals surface area contributed by atoms with Crippen molar-refractivity contribution < 1.29 is 23.1 Å². The van der Waals surface area contributed by atoms with Gasteiger partial charge < -0.3 is 15.2 Å². The summed E-state index contributed by atoms with van der Waals surface area (Å²) in [6, 6.07) is 19.2. The average Bonchev–Trinajstić information content (AvgIpc) is 2.89. The standard InChI is InChI=1S/C27H38N4O5S/c1-36-25-9-5-8-22(18-25)27(20-28-37(34,35)30-26(32)33)14-10-23(11-15-27)29-24-12-16-31(17-13-24)19-21-6-3-2-4-7-21/h2-9,18,23-24,28-30H,10-17,19-20H2,1H3,(H,32,33)/t23-,27+. The first-order valence-electron chi connectivity index (χ1n) is 12.9. The Morgan fingerprint density at radius 2 is 1.70 bits per heavy atom. The van der Waals surface area contributed by atoms with Crippen molar-refractivity contribution in [2.24, 2.45) is 0 Å². The third-order valence-electron chi connectivity index (χ3n) is 7.76. The Morgan fingerprint density at radius 1 is 1.03 bits per heavy atom. The number of nitrogens with zero attached hydrogens (tertiary/aromatic N) is 1. The first-order valence-corrected chi connectivity index (χ1v) is 14.4. The van der Waals surface area contributed by atoms with E-state index in [2.05, 4.69) is 45.3 Å². The van der Waals surface area contributed by atoms with Crippen LogP contribution < -0.4 is 19.5 Å². The van der Waals surface area contributed by atoms with Crippen molar-refractivity contribution in [3.8, 4) is 5.75 Å². The number of hydrogen-bond donors (Lipinski definition) is 4. The maximum atomic E-state index is 12.2. The molecule has 2 aliphatic rings. The lowest BCUT2D eigenvalue weighted by molar-refractivity contribution is 0.167. The van der Waals surface area contributed by atoms with Crippen molar-refractivity contribution >= 4 is 16.3 Å². The molecule has 2 fully saturated rings. The van der Waals surface area contributed by atoms with Crippen molar-refractivity contribution in [3.05, 3.63) is 65.7 Å². The van der Waals surface area contributed by atoms with Crippen LogP contribution in [0.1, 0.15) is 49.7 Å². The van der Waals surface area contributed by atoms with Crippen molar-refractivity contribution in [3.63, 3.8) is 0 Å². The van der Waals surface area contributed by atoms with Crippen LogP contribution in [0, 0.1) is 0 Å². The molecule has 2 aromatic rings. The molecule has 0 spiro atoms. The number of hydrogen-bond acceptors (Lipinski definition) is 6. The van der Waals surface area contributed by atoms with E-state index in [0.717, 1.165) is 63.7 Å². The smallest absolute Gasteiger partial charge is 0.419 e. The predicted octanol–water partition coefficient (Wildman–Crippen LogP) is 3.23. The molecule has 9 nitrogen and oxygen atoms in total. The molecule has 0 aromatic heterocycles. The number of carbonyl (C=O) groups is 1. The van der Waals surface area contributed by atoms with Gasteiger partial charge in [-0.2, -0.15) is 13.1 Å². The Kier molecular flexibility index (Phi) is 9.07. The number of carboxylic acid groups (broad SMARTS) is 1. The van der Waals surface area contributed by atoms with Crippen molar-refractivity contribution in [1.29, 1.82) is 0 Å². The van der Waals surface area contributed by atoms with E-state index in [1.165, 1.54) is 5.56 Å². The predicted molar refractivity (Wildman–Crippen MR) is 143 cm³/mol. The Morgan fingerprint density at radius 3 is 2.35 bits per heavy atom. The third kappa shape index (κ3) is 7.67. The summed E-state index contributed by atoms with van der Waals surface area (Å²) >= 11 is 0. The Hall–Kier alpha value is -2.66. The fourth-order valence-electron chi connectivity index (χ4n) is 5.67. The summed E-state index contributed by atoms with van der Waals surface area (Å²) in [5.74, 6) is 0.714. The zero-order valence-corrected chi connectivity index (χ0v) is 22.2. The molecule has 0 bridgehead atoms. The molecule has 1 heterocycles. The molecule has 1 saturated heterocycles. The zero-order valence-electron chi connectivity index (χ0n) is 21.4. The molecular formula is C27H38N4O5S. The normalized spacial score (nSPS) is 23.4. The highest BCUT2D eigenvalue weighted by Gasteiger charge is 2.39. The first-order chi connectivity index (χ1) is 17.8. The summed E-state index contributed by atoms with van der Waals surface area (Å²) in [7, 11) is -2.55. The van der Waals surface area contributed by atoms with Gasteiger partial charge in [0.05, 0.1) is 7.11 Å². The van der Waals surface area contributed by atoms with Gasteiger partial charge in [-0.25, -0.2) is 9.52 Å². The maximum absolute atomic E-state index is 12.2. The lowest BCUT2D eigenvalue weighted by Crippen LogP contribution is -2.51. The molecule has 1 aliphatic heterocycles. The van der Waals surface area contributed by atoms with Crippen LogP contribution in [0.3, 0.4) is 0 Å². The van der Waals surface area contributed by atoms with Crippen LogP contribution >= 0.6 is 0 Å². The van der Waals surface area contributed by atoms with Gasteiger partial charge in [0.25, 0.3) is 0 Å². The number of methoxy groups -OCH3 is 1. The lowest BCUT2D eigenvalue weighted by atomic mass is 9.68. The molecule has 202 valence electrons. The van der Waals surface area contributed by atoms with Gasteiger partial charge in [0.1, 0.15) is 5.75 Å². The van der Waals surface area contributed by atoms with E-state index in [1.54, 1.807) is 11.8 Å². The molecule has 4 rings (SSSR count). The molecule has 2 aromatic carbocycles. The topological polar surface area (TPSA) is 120 Å². The van der Waals surface area contributed by atoms with Crippen molar-refractivity contribution in [2.75, 3.05) is 26.7 Å². The fraction of sp³-hybridized carbons (Fsp3) is 0.519. The molecular weight excluding hydrogens is 492 g/mol. The molecule has 4 N–H and O–H groups in total. The molecule has 0 radical (unpaired) electrons. The lowest BCUT2D eigenvalue weighted by Gasteiger charge is -2.43. The SMILES string of the molecule is COc1cccc([C@]2(CNS(=O)(=O)NC(=O)O)CC[C@H](NC3CCN(Cc4ccccc4)CC3)CC2)c1. The number of amides is 1. The third-order valence-corrected chi connectivity index (χ3v) is 8.72. The highest BCUT2D eigenvalue weighted by molar-refractivity contribution is 7.88. The van der Waals surface area contributed by atoms with E-state index in [1.807, 2.05) is 24.3 Å². The maximum Gasteiger partial charge on any atom is 0.419 e. The summed E-state index contributed by atoms with van der Waals surface area (Å²) in [5, 5.41) is 12.7. The summed E-state index contributed by atoms with van der Waals surface area (Å²) in [6.07, 6.45) is 4.01. The average molecular weight is 531 g/mol. The van der Waals surface area contributed by atoms with Crippen LogP contribution in [0.4, 0.5) is 4.79 Å². The largest absolute Gasteiger partial charge is 0.497 e. The van der Waals surface area contributed by atoms with Crippen LogP contribution in [0.2, 0.25) is 0 Å². The minimum absolute atomic E-state index is 0.118. The first kappa shape index (κ1) is 27.4. The van der Waals surface area contributed by atoms with E-state index in [0.29, 0.717) is 17.8 Å². The van der Waals surface area contributed by atoms with Gasteiger partial charge >= 0.3 is 16.3 Å². The summed E-state index contributed by atoms with van der Waals surface area (Å²) in [5.41, 5.74) is 1.90. The Bertz CT molecular complexity index is 1130. The monoisotopic (exact) mass is 530 g/mol. The van der Waals surface area contributed by atoms with Crippen LogP contribution in [0.25, 0.3) is 0 Å². The van der Waals surface area contributed by atoms with Crippen molar-refractivity contribution in [2.45, 2.75) is 62.6 Å². The summed E-state index contributed by atoms with van der Waals surface area (Å²) < 4.78 is 33.9. The fourth-order valence-corrected chi connectivity index (χ4v) is 6.44. The van der Waals surface area contributed by atoms with E-state index in [9.17, 15) is 13.2 Å². The minimum Gasteiger partial charge on any atom is -0.497 e. The number of likely N-dealkylation sites (tertiary alicyclic amines) is 1. The van der Waals surface area contributed by atoms with E-state index in [4.69, 9.17) is 9.84 Å². The van der Waals surface area contributed by atoms with Crippen molar-refractivity contribution in [1.82, 2.24) is 19.7 Å². The van der Waals surface area contributed by atoms with E-state index < -0.39 is 21.7 Å². The van der Waals surface area contributed by atoms with Gasteiger partial charge in [0.2, 0.25) is 0 Å². The zero-order chi connectivity index (χ0) is 26.3. The Balaban J connectivity index is 1.34. The Labute approximate surface area is 219 Å². The number of piperidine rings is 1. The van der Waals surface area contributed by atoms with E-state index >= 15 is 0 Å². The van der Waals surface area contributed by atoms with Gasteiger partial charge in [-0.3, -0.25) is 4.90 Å². The quantitative estimate of drug-likeness (QED) is 0.372. The second-order valence-electron chi connectivity index (χ2n) is 10.2. The molecule has 0 unspecified atom stereocenters. The van der Waals surface area contributed by atoms with Crippen LogP contribution in [0.15, 0.2) is 54.6 Å². The number of nitrogens with one attached hydrogen (secondary N) is 3. The molecule has 0 atom stereocenters. The molecule has 1 saturated carbocycles. The van der Waals surface area contributed by atoms with E-state index in [-0.39, 0.29) is 6.54 Å².